The van der Waals surface area contributed by atoms with E-state index in [1.165, 1.54) is 16.0 Å². The van der Waals surface area contributed by atoms with Gasteiger partial charge in [0, 0.05) is 21.8 Å². The van der Waals surface area contributed by atoms with E-state index in [-0.39, 0.29) is 12.4 Å². The summed E-state index contributed by atoms with van der Waals surface area (Å²) in [5.41, 5.74) is 2.02. The lowest BCUT2D eigenvalue weighted by molar-refractivity contribution is 0.0523. The summed E-state index contributed by atoms with van der Waals surface area (Å²) in [7, 11) is 0. The van der Waals surface area contributed by atoms with Crippen molar-refractivity contribution in [2.45, 2.75) is 33.0 Å². The number of nitrogens with zero attached hydrogens (tertiary/aromatic N) is 2. The molecule has 3 N–H and O–H groups in total. The number of hydrogen-bond donors (Lipinski definition) is 3. The maximum absolute atomic E-state index is 12.6. The van der Waals surface area contributed by atoms with Crippen LogP contribution in [-0.4, -0.2) is 36.7 Å². The molecular weight excluding hydrogens is 366 g/mol. The first kappa shape index (κ1) is 17.6. The number of H-pyrrole nitrogens is 1. The summed E-state index contributed by atoms with van der Waals surface area (Å²) >= 11 is 1.38. The largest absolute Gasteiger partial charge is 0.508 e. The molecule has 0 saturated carbocycles. The van der Waals surface area contributed by atoms with E-state index in [4.69, 9.17) is 4.74 Å². The fourth-order valence-electron chi connectivity index (χ4n) is 2.90. The Morgan fingerprint density at radius 1 is 1.30 bits per heavy atom. The van der Waals surface area contributed by atoms with Crippen LogP contribution >= 0.6 is 11.3 Å². The number of carbonyl (C=O) groups is 1. The smallest absolute Gasteiger partial charge is 0.435 e. The summed E-state index contributed by atoms with van der Waals surface area (Å²) in [5.74, 6) is 0.166. The molecule has 0 aliphatic carbocycles. The predicted octanol–water partition coefficient (Wildman–Crippen LogP) is 4.23. The van der Waals surface area contributed by atoms with Crippen LogP contribution in [0.5, 0.6) is 5.75 Å². The van der Waals surface area contributed by atoms with Crippen LogP contribution in [0, 0.1) is 0 Å². The standard InChI is InChI=1S/C19H19N3O4S/c1-19(2,3)26-18(25)22-15-8-12(9-23)27-17(15)16(21-22)14-6-10-4-5-11(24)7-13(10)20-14/h4-8,20,23-24H,9H2,1-3H3. The predicted molar refractivity (Wildman–Crippen MR) is 104 cm³/mol. The number of ether oxygens (including phenoxy) is 1. The van der Waals surface area contributed by atoms with E-state index in [0.717, 1.165) is 20.5 Å². The Morgan fingerprint density at radius 3 is 2.78 bits per heavy atom. The van der Waals surface area contributed by atoms with Crippen LogP contribution in [0.3, 0.4) is 0 Å². The van der Waals surface area contributed by atoms with Gasteiger partial charge in [0.05, 0.1) is 22.5 Å². The minimum Gasteiger partial charge on any atom is -0.508 e. The van der Waals surface area contributed by atoms with Crippen molar-refractivity contribution in [2.24, 2.45) is 0 Å². The van der Waals surface area contributed by atoms with Crippen LogP contribution < -0.4 is 0 Å². The Hall–Kier alpha value is -2.84. The summed E-state index contributed by atoms with van der Waals surface area (Å²) in [6.45, 7) is 5.27. The fourth-order valence-corrected chi connectivity index (χ4v) is 3.89. The zero-order valence-electron chi connectivity index (χ0n) is 15.1. The number of hydrogen-bond acceptors (Lipinski definition) is 6. The van der Waals surface area contributed by atoms with Crippen LogP contribution in [0.1, 0.15) is 25.6 Å². The van der Waals surface area contributed by atoms with Crippen LogP contribution in [0.2, 0.25) is 0 Å². The molecule has 0 atom stereocenters. The molecule has 4 rings (SSSR count). The molecule has 0 aliphatic heterocycles. The quantitative estimate of drug-likeness (QED) is 0.479. The molecule has 4 aromatic rings. The molecule has 0 unspecified atom stereocenters. The van der Waals surface area contributed by atoms with Gasteiger partial charge in [0.25, 0.3) is 0 Å². The molecule has 0 spiro atoms. The van der Waals surface area contributed by atoms with Gasteiger partial charge in [0.1, 0.15) is 17.0 Å². The Morgan fingerprint density at radius 2 is 2.07 bits per heavy atom. The fraction of sp³-hybridized carbons (Fsp3) is 0.263. The molecule has 0 radical (unpaired) electrons. The third kappa shape index (κ3) is 3.17. The van der Waals surface area contributed by atoms with Crippen LogP contribution in [0.25, 0.3) is 32.5 Å². The topological polar surface area (TPSA) is 100 Å². The number of aliphatic hydroxyl groups excluding tert-OH is 1. The molecule has 0 amide bonds. The molecular formula is C19H19N3O4S. The normalized spacial score (nSPS) is 12.1. The number of nitrogens with one attached hydrogen (secondary N) is 1. The molecule has 1 aromatic carbocycles. The molecule has 8 heteroatoms. The Kier molecular flexibility index (Phi) is 3.97. The van der Waals surface area contributed by atoms with Crippen LogP contribution in [-0.2, 0) is 11.3 Å². The molecule has 0 fully saturated rings. The monoisotopic (exact) mass is 385 g/mol. The second kappa shape index (κ2) is 6.11. The third-order valence-corrected chi connectivity index (χ3v) is 5.11. The number of aromatic amines is 1. The van der Waals surface area contributed by atoms with Gasteiger partial charge in [-0.3, -0.25) is 0 Å². The number of aliphatic hydroxyl groups is 1. The van der Waals surface area contributed by atoms with Gasteiger partial charge in [-0.25, -0.2) is 4.79 Å². The van der Waals surface area contributed by atoms with Crippen LogP contribution in [0.15, 0.2) is 30.3 Å². The van der Waals surface area contributed by atoms with E-state index in [2.05, 4.69) is 10.1 Å². The third-order valence-electron chi connectivity index (χ3n) is 3.99. The van der Waals surface area contributed by atoms with Crippen molar-refractivity contribution in [3.63, 3.8) is 0 Å². The molecule has 0 aliphatic rings. The van der Waals surface area contributed by atoms with Gasteiger partial charge in [0.2, 0.25) is 0 Å². The number of benzene rings is 1. The minimum absolute atomic E-state index is 0.117. The van der Waals surface area contributed by atoms with Crippen molar-refractivity contribution in [1.29, 1.82) is 0 Å². The van der Waals surface area contributed by atoms with Crippen molar-refractivity contribution < 1.29 is 19.7 Å². The van der Waals surface area contributed by atoms with Crippen molar-refractivity contribution in [1.82, 2.24) is 14.8 Å². The molecule has 140 valence electrons. The first-order valence-electron chi connectivity index (χ1n) is 8.43. The summed E-state index contributed by atoms with van der Waals surface area (Å²) in [4.78, 5) is 16.6. The van der Waals surface area contributed by atoms with E-state index >= 15 is 0 Å². The average Bonchev–Trinajstić information content (AvgIpc) is 3.24. The van der Waals surface area contributed by atoms with Gasteiger partial charge >= 0.3 is 6.09 Å². The molecule has 0 bridgehead atoms. The second-order valence-electron chi connectivity index (χ2n) is 7.28. The van der Waals surface area contributed by atoms with Crippen LogP contribution in [0.4, 0.5) is 4.79 Å². The van der Waals surface area contributed by atoms with Gasteiger partial charge in [-0.15, -0.1) is 11.3 Å². The average molecular weight is 385 g/mol. The lowest BCUT2D eigenvalue weighted by Gasteiger charge is -2.19. The highest BCUT2D eigenvalue weighted by atomic mass is 32.1. The van der Waals surface area contributed by atoms with Crippen molar-refractivity contribution in [2.75, 3.05) is 0 Å². The first-order valence-corrected chi connectivity index (χ1v) is 9.24. The summed E-state index contributed by atoms with van der Waals surface area (Å²) < 4.78 is 7.47. The van der Waals surface area contributed by atoms with Gasteiger partial charge in [-0.05, 0) is 45.0 Å². The molecule has 7 nitrogen and oxygen atoms in total. The Labute approximate surface area is 158 Å². The lowest BCUT2D eigenvalue weighted by atomic mass is 10.2. The van der Waals surface area contributed by atoms with Gasteiger partial charge < -0.3 is 19.9 Å². The highest BCUT2D eigenvalue weighted by molar-refractivity contribution is 7.19. The molecule has 27 heavy (non-hydrogen) atoms. The minimum atomic E-state index is -0.649. The second-order valence-corrected chi connectivity index (χ2v) is 8.42. The maximum atomic E-state index is 12.6. The number of carbonyl (C=O) groups excluding carboxylic acids is 1. The van der Waals surface area contributed by atoms with Gasteiger partial charge in [-0.1, -0.05) is 0 Å². The van der Waals surface area contributed by atoms with E-state index < -0.39 is 11.7 Å². The number of aromatic hydroxyl groups is 1. The number of phenols is 1. The molecule has 3 heterocycles. The van der Waals surface area contributed by atoms with E-state index in [1.807, 2.05) is 6.07 Å². The number of fused-ring (bicyclic) bond motifs is 2. The first-order chi connectivity index (χ1) is 12.7. The summed E-state index contributed by atoms with van der Waals surface area (Å²) in [6, 6.07) is 8.71. The van der Waals surface area contributed by atoms with E-state index in [1.54, 1.807) is 45.0 Å². The van der Waals surface area contributed by atoms with Crippen molar-refractivity contribution in [3.05, 3.63) is 35.2 Å². The SMILES string of the molecule is CC(C)(C)OC(=O)n1nc(-c2cc3ccc(O)cc3[nH]2)c2sc(CO)cc21. The Bertz CT molecular complexity index is 1160. The number of rotatable bonds is 2. The van der Waals surface area contributed by atoms with Gasteiger partial charge in [0.15, 0.2) is 0 Å². The van der Waals surface area contributed by atoms with Crippen molar-refractivity contribution >= 4 is 38.5 Å². The highest BCUT2D eigenvalue weighted by Gasteiger charge is 2.25. The maximum Gasteiger partial charge on any atom is 0.435 e. The summed E-state index contributed by atoms with van der Waals surface area (Å²) in [6.07, 6.45) is -0.574. The zero-order chi connectivity index (χ0) is 19.3. The molecule has 3 aromatic heterocycles. The number of aromatic nitrogens is 3. The molecule has 0 saturated heterocycles. The van der Waals surface area contributed by atoms with Crippen molar-refractivity contribution in [3.8, 4) is 17.1 Å². The Balaban J connectivity index is 1.89. The van der Waals surface area contributed by atoms with E-state index in [9.17, 15) is 15.0 Å². The van der Waals surface area contributed by atoms with E-state index in [0.29, 0.717) is 16.9 Å². The lowest BCUT2D eigenvalue weighted by Crippen LogP contribution is -2.27. The number of phenolic OH excluding ortho intramolecular Hbond substituents is 1. The van der Waals surface area contributed by atoms with Gasteiger partial charge in [-0.2, -0.15) is 9.78 Å². The highest BCUT2D eigenvalue weighted by Crippen LogP contribution is 2.36. The summed E-state index contributed by atoms with van der Waals surface area (Å²) in [5, 5.41) is 24.6. The zero-order valence-corrected chi connectivity index (χ0v) is 15.9. The number of thiophene rings is 1.